The van der Waals surface area contributed by atoms with E-state index in [1.165, 1.54) is 7.11 Å². The number of para-hydroxylation sites is 1. The topological polar surface area (TPSA) is 71.1 Å². The minimum atomic E-state index is -0.628. The minimum Gasteiger partial charge on any atom is -0.493 e. The number of esters is 2. The molecule has 3 rings (SSSR count). The van der Waals surface area contributed by atoms with Crippen molar-refractivity contribution < 1.29 is 28.5 Å². The van der Waals surface area contributed by atoms with Crippen LogP contribution in [0, 0.1) is 5.41 Å². The van der Waals surface area contributed by atoms with Gasteiger partial charge in [0.05, 0.1) is 24.7 Å². The summed E-state index contributed by atoms with van der Waals surface area (Å²) in [4.78, 5) is 24.2. The molecule has 1 atom stereocenters. The third-order valence-electron chi connectivity index (χ3n) is 5.02. The second-order valence-corrected chi connectivity index (χ2v) is 8.70. The molecule has 3 aromatic rings. The highest BCUT2D eigenvalue weighted by atomic mass is 16.5. The van der Waals surface area contributed by atoms with Crippen LogP contribution in [0.1, 0.15) is 55.3 Å². The molecule has 0 aliphatic heterocycles. The van der Waals surface area contributed by atoms with Crippen molar-refractivity contribution in [2.45, 2.75) is 33.8 Å². The minimum absolute atomic E-state index is 0.332. The maximum Gasteiger partial charge on any atom is 0.337 e. The van der Waals surface area contributed by atoms with Gasteiger partial charge >= 0.3 is 11.9 Å². The molecule has 0 fully saturated rings. The first-order valence-corrected chi connectivity index (χ1v) is 11.1. The van der Waals surface area contributed by atoms with E-state index in [0.29, 0.717) is 29.4 Å². The van der Waals surface area contributed by atoms with Crippen LogP contribution in [0.5, 0.6) is 17.2 Å². The van der Waals surface area contributed by atoms with Crippen molar-refractivity contribution in [2.24, 2.45) is 5.41 Å². The van der Waals surface area contributed by atoms with E-state index < -0.39 is 17.5 Å². The van der Waals surface area contributed by atoms with Gasteiger partial charge in [0.2, 0.25) is 0 Å². The van der Waals surface area contributed by atoms with Gasteiger partial charge in [0.1, 0.15) is 17.2 Å². The first kappa shape index (κ1) is 24.8. The Balaban J connectivity index is 1.98. The van der Waals surface area contributed by atoms with E-state index in [1.54, 1.807) is 57.2 Å². The monoisotopic (exact) mass is 462 g/mol. The summed E-state index contributed by atoms with van der Waals surface area (Å²) in [7, 11) is 1.35. The first-order chi connectivity index (χ1) is 16.2. The molecular formula is C28H30O6. The molecule has 0 spiro atoms. The van der Waals surface area contributed by atoms with Crippen molar-refractivity contribution in [1.29, 1.82) is 0 Å². The molecule has 178 valence electrons. The number of methoxy groups -OCH3 is 1. The molecule has 34 heavy (non-hydrogen) atoms. The lowest BCUT2D eigenvalue weighted by Gasteiger charge is -2.23. The Bertz CT molecular complexity index is 1130. The van der Waals surface area contributed by atoms with E-state index in [4.69, 9.17) is 18.9 Å². The highest BCUT2D eigenvalue weighted by molar-refractivity contribution is 5.89. The zero-order chi connectivity index (χ0) is 24.7. The van der Waals surface area contributed by atoms with Gasteiger partial charge < -0.3 is 18.9 Å². The van der Waals surface area contributed by atoms with E-state index in [2.05, 4.69) is 0 Å². The molecule has 1 unspecified atom stereocenters. The Hall–Kier alpha value is -3.80. The van der Waals surface area contributed by atoms with E-state index >= 15 is 0 Å². The van der Waals surface area contributed by atoms with Crippen LogP contribution in [0.2, 0.25) is 0 Å². The molecule has 0 aliphatic carbocycles. The Morgan fingerprint density at radius 1 is 0.882 bits per heavy atom. The van der Waals surface area contributed by atoms with Gasteiger partial charge in [-0.05, 0) is 63.6 Å². The summed E-state index contributed by atoms with van der Waals surface area (Å²) in [5, 5.41) is 0. The van der Waals surface area contributed by atoms with Gasteiger partial charge in [-0.3, -0.25) is 4.79 Å². The van der Waals surface area contributed by atoms with Crippen LogP contribution >= 0.6 is 0 Å². The molecule has 6 nitrogen and oxygen atoms in total. The molecule has 0 saturated heterocycles. The molecule has 0 amide bonds. The van der Waals surface area contributed by atoms with E-state index in [1.807, 2.05) is 43.3 Å². The predicted octanol–water partition coefficient (Wildman–Crippen LogP) is 5.99. The lowest BCUT2D eigenvalue weighted by Crippen LogP contribution is -2.25. The standard InChI is InChI=1S/C28H30O6/c1-6-32-24-13-8-7-12-23(24)25(19-14-16-20(17-15-19)26(29)31-5)33-21-10-9-11-22(18-21)34-27(30)28(2,3)4/h7-18,25H,6H2,1-5H3. The van der Waals surface area contributed by atoms with Gasteiger partial charge in [-0.1, -0.05) is 36.4 Å². The lowest BCUT2D eigenvalue weighted by molar-refractivity contribution is -0.143. The molecule has 0 aromatic heterocycles. The number of ether oxygens (including phenoxy) is 4. The van der Waals surface area contributed by atoms with Gasteiger partial charge in [0.15, 0.2) is 6.10 Å². The normalized spacial score (nSPS) is 11.9. The molecule has 0 N–H and O–H groups in total. The van der Waals surface area contributed by atoms with Gasteiger partial charge in [0.25, 0.3) is 0 Å². The van der Waals surface area contributed by atoms with Gasteiger partial charge in [-0.2, -0.15) is 0 Å². The van der Waals surface area contributed by atoms with Crippen LogP contribution in [0.4, 0.5) is 0 Å². The van der Waals surface area contributed by atoms with Crippen LogP contribution in [-0.2, 0) is 9.53 Å². The van der Waals surface area contributed by atoms with Crippen molar-refractivity contribution in [3.05, 3.63) is 89.5 Å². The summed E-state index contributed by atoms with van der Waals surface area (Å²) in [5.41, 5.74) is 1.46. The lowest BCUT2D eigenvalue weighted by atomic mass is 9.97. The molecule has 0 bridgehead atoms. The average Bonchev–Trinajstić information content (AvgIpc) is 2.82. The van der Waals surface area contributed by atoms with Crippen LogP contribution in [0.3, 0.4) is 0 Å². The van der Waals surface area contributed by atoms with Crippen molar-refractivity contribution >= 4 is 11.9 Å². The maximum absolute atomic E-state index is 12.3. The third kappa shape index (κ3) is 6.16. The summed E-state index contributed by atoms with van der Waals surface area (Å²) in [6, 6.07) is 21.6. The van der Waals surface area contributed by atoms with Gasteiger partial charge in [0, 0.05) is 11.6 Å². The molecular weight excluding hydrogens is 432 g/mol. The van der Waals surface area contributed by atoms with E-state index in [9.17, 15) is 9.59 Å². The van der Waals surface area contributed by atoms with Gasteiger partial charge in [-0.15, -0.1) is 0 Å². The number of hydrogen-bond acceptors (Lipinski definition) is 6. The molecule has 0 radical (unpaired) electrons. The summed E-state index contributed by atoms with van der Waals surface area (Å²) in [5.74, 6) is 0.874. The SMILES string of the molecule is CCOc1ccccc1C(Oc1cccc(OC(=O)C(C)(C)C)c1)c1ccc(C(=O)OC)cc1. The molecule has 0 saturated carbocycles. The van der Waals surface area contributed by atoms with Crippen LogP contribution < -0.4 is 14.2 Å². The van der Waals surface area contributed by atoms with Gasteiger partial charge in [-0.25, -0.2) is 4.79 Å². The molecule has 0 heterocycles. The summed E-state index contributed by atoms with van der Waals surface area (Å²) >= 11 is 0. The Labute approximate surface area is 200 Å². The van der Waals surface area contributed by atoms with Crippen molar-refractivity contribution in [3.8, 4) is 17.2 Å². The summed E-state index contributed by atoms with van der Waals surface area (Å²) in [6.07, 6.45) is -0.539. The second kappa shape index (κ2) is 10.9. The number of rotatable bonds is 8. The highest BCUT2D eigenvalue weighted by Crippen LogP contribution is 2.35. The van der Waals surface area contributed by atoms with E-state index in [-0.39, 0.29) is 5.97 Å². The number of hydrogen-bond donors (Lipinski definition) is 0. The quantitative estimate of drug-likeness (QED) is 0.302. The number of benzene rings is 3. The maximum atomic E-state index is 12.3. The fourth-order valence-corrected chi connectivity index (χ4v) is 3.21. The highest BCUT2D eigenvalue weighted by Gasteiger charge is 2.25. The van der Waals surface area contributed by atoms with Crippen LogP contribution in [0.25, 0.3) is 0 Å². The fourth-order valence-electron chi connectivity index (χ4n) is 3.21. The smallest absolute Gasteiger partial charge is 0.337 e. The third-order valence-corrected chi connectivity index (χ3v) is 5.02. The largest absolute Gasteiger partial charge is 0.493 e. The molecule has 6 heteroatoms. The fraction of sp³-hybridized carbons (Fsp3) is 0.286. The predicted molar refractivity (Wildman–Crippen MR) is 129 cm³/mol. The number of carbonyl (C=O) groups excluding carboxylic acids is 2. The Morgan fingerprint density at radius 2 is 1.56 bits per heavy atom. The second-order valence-electron chi connectivity index (χ2n) is 8.70. The number of carbonyl (C=O) groups is 2. The molecule has 0 aliphatic rings. The zero-order valence-corrected chi connectivity index (χ0v) is 20.2. The first-order valence-electron chi connectivity index (χ1n) is 11.1. The van der Waals surface area contributed by atoms with Crippen molar-refractivity contribution in [1.82, 2.24) is 0 Å². The van der Waals surface area contributed by atoms with E-state index in [0.717, 1.165) is 11.1 Å². The Morgan fingerprint density at radius 3 is 2.21 bits per heavy atom. The van der Waals surface area contributed by atoms with Crippen molar-refractivity contribution in [2.75, 3.05) is 13.7 Å². The summed E-state index contributed by atoms with van der Waals surface area (Å²) in [6.45, 7) is 7.82. The van der Waals surface area contributed by atoms with Crippen LogP contribution in [0.15, 0.2) is 72.8 Å². The zero-order valence-electron chi connectivity index (χ0n) is 20.2. The average molecular weight is 463 g/mol. The Kier molecular flexibility index (Phi) is 7.95. The van der Waals surface area contributed by atoms with Crippen LogP contribution in [-0.4, -0.2) is 25.7 Å². The van der Waals surface area contributed by atoms with Crippen molar-refractivity contribution in [3.63, 3.8) is 0 Å². The molecule has 3 aromatic carbocycles. The summed E-state index contributed by atoms with van der Waals surface area (Å²) < 4.78 is 22.6.